The zero-order valence-corrected chi connectivity index (χ0v) is 31.3. The smallest absolute Gasteiger partial charge is 0.207 e. The topological polar surface area (TPSA) is 42.3 Å². The molecule has 5 aliphatic rings. The largest absolute Gasteiger partial charge is 0.310 e. The van der Waals surface area contributed by atoms with Crippen LogP contribution in [0.4, 0.5) is 17.1 Å². The summed E-state index contributed by atoms with van der Waals surface area (Å²) in [5.74, 6) is 2.47. The van der Waals surface area contributed by atoms with Crippen molar-refractivity contribution < 1.29 is 8.42 Å². The molecule has 13 rings (SSSR count). The summed E-state index contributed by atoms with van der Waals surface area (Å²) >= 11 is 0. The average molecular weight is 733 g/mol. The monoisotopic (exact) mass is 732 g/mol. The zero-order valence-electron chi connectivity index (χ0n) is 30.5. The van der Waals surface area contributed by atoms with E-state index in [4.69, 9.17) is 0 Å². The van der Waals surface area contributed by atoms with E-state index < -0.39 is 9.84 Å². The maximum absolute atomic E-state index is 14.9. The van der Waals surface area contributed by atoms with Crippen LogP contribution in [-0.4, -0.2) is 13.0 Å². The highest BCUT2D eigenvalue weighted by Crippen LogP contribution is 2.68. The average Bonchev–Trinajstić information content (AvgIpc) is 3.56. The number of benzene rings is 7. The molecule has 0 atom stereocenters. The Morgan fingerprint density at radius 3 is 1.78 bits per heavy atom. The van der Waals surface area contributed by atoms with E-state index in [1.54, 1.807) is 0 Å². The summed E-state index contributed by atoms with van der Waals surface area (Å²) in [5.41, 5.74) is 8.06. The standard InChI is InChI=1S/C50H40N2O2S/c53-55(54)48-19-8-5-15-43(48)50(35-27-32-26-33(29-35)30-36(50)28-32)44-25-24-39(31-49(44)55)51(45-18-9-11-34-10-1-2-12-40(34)45)37-20-22-38(23-21-37)52-46-16-6-3-13-41(46)42-14-4-7-17-47(42)52/h1-25,31-33,35-36H,26-30H2/t32-,33+,35+,36-,50?. The molecule has 55 heavy (non-hydrogen) atoms. The zero-order chi connectivity index (χ0) is 36.5. The fourth-order valence-corrected chi connectivity index (χ4v) is 13.9. The van der Waals surface area contributed by atoms with Crippen molar-refractivity contribution in [3.63, 3.8) is 0 Å². The Kier molecular flexibility index (Phi) is 6.59. The highest BCUT2D eigenvalue weighted by molar-refractivity contribution is 7.91. The van der Waals surface area contributed by atoms with Gasteiger partial charge in [0, 0.05) is 38.6 Å². The van der Waals surface area contributed by atoms with Crippen molar-refractivity contribution in [3.8, 4) is 5.69 Å². The second kappa shape index (κ2) is 11.4. The molecule has 4 nitrogen and oxygen atoms in total. The first-order valence-corrected chi connectivity index (χ1v) is 21.3. The van der Waals surface area contributed by atoms with Crippen LogP contribution in [0.1, 0.15) is 43.2 Å². The highest BCUT2D eigenvalue weighted by atomic mass is 32.2. The second-order valence-corrected chi connectivity index (χ2v) is 18.5. The molecular formula is C50H40N2O2S. The van der Waals surface area contributed by atoms with Crippen LogP contribution >= 0.6 is 0 Å². The summed E-state index contributed by atoms with van der Waals surface area (Å²) in [6.45, 7) is 0. The highest BCUT2D eigenvalue weighted by Gasteiger charge is 2.62. The van der Waals surface area contributed by atoms with E-state index in [1.807, 2.05) is 18.2 Å². The van der Waals surface area contributed by atoms with E-state index in [9.17, 15) is 8.42 Å². The molecule has 4 bridgehead atoms. The van der Waals surface area contributed by atoms with Gasteiger partial charge in [-0.3, -0.25) is 0 Å². The first-order valence-electron chi connectivity index (χ1n) is 19.9. The summed E-state index contributed by atoms with van der Waals surface area (Å²) < 4.78 is 32.2. The number of aromatic nitrogens is 1. The minimum atomic E-state index is -3.78. The molecule has 4 saturated carbocycles. The van der Waals surface area contributed by atoms with E-state index in [0.717, 1.165) is 56.5 Å². The van der Waals surface area contributed by atoms with Gasteiger partial charge in [-0.1, -0.05) is 97.1 Å². The van der Waals surface area contributed by atoms with Crippen molar-refractivity contribution in [2.75, 3.05) is 4.90 Å². The van der Waals surface area contributed by atoms with Crippen molar-refractivity contribution in [1.82, 2.24) is 4.57 Å². The van der Waals surface area contributed by atoms with Gasteiger partial charge in [0.05, 0.1) is 26.5 Å². The number of fused-ring (bicyclic) bond motifs is 6. The Bertz CT molecular complexity index is 2890. The Morgan fingerprint density at radius 1 is 0.509 bits per heavy atom. The molecule has 0 N–H and O–H groups in total. The van der Waals surface area contributed by atoms with Gasteiger partial charge < -0.3 is 9.47 Å². The molecular weight excluding hydrogens is 693 g/mol. The maximum atomic E-state index is 14.9. The molecule has 4 aliphatic carbocycles. The van der Waals surface area contributed by atoms with Gasteiger partial charge in [-0.05, 0) is 133 Å². The predicted octanol–water partition coefficient (Wildman–Crippen LogP) is 12.3. The molecule has 0 radical (unpaired) electrons. The predicted molar refractivity (Wildman–Crippen MR) is 223 cm³/mol. The summed E-state index contributed by atoms with van der Waals surface area (Å²) in [5, 5.41) is 4.71. The van der Waals surface area contributed by atoms with E-state index in [1.165, 1.54) is 53.9 Å². The molecule has 4 fully saturated rings. The molecule has 268 valence electrons. The molecule has 0 amide bonds. The summed E-state index contributed by atoms with van der Waals surface area (Å²) in [6.07, 6.45) is 6.14. The molecule has 1 spiro atoms. The van der Waals surface area contributed by atoms with Crippen LogP contribution in [0.15, 0.2) is 168 Å². The lowest BCUT2D eigenvalue weighted by molar-refractivity contribution is -0.0446. The van der Waals surface area contributed by atoms with Gasteiger partial charge in [0.1, 0.15) is 0 Å². The minimum absolute atomic E-state index is 0.266. The van der Waals surface area contributed by atoms with Gasteiger partial charge in [0.25, 0.3) is 0 Å². The molecule has 5 heteroatoms. The van der Waals surface area contributed by atoms with Crippen molar-refractivity contribution >= 4 is 59.5 Å². The number of para-hydroxylation sites is 2. The van der Waals surface area contributed by atoms with E-state index >= 15 is 0 Å². The van der Waals surface area contributed by atoms with Crippen molar-refractivity contribution in [2.45, 2.75) is 47.3 Å². The first-order chi connectivity index (χ1) is 27.0. The van der Waals surface area contributed by atoms with Crippen LogP contribution in [0.5, 0.6) is 0 Å². The summed E-state index contributed by atoms with van der Waals surface area (Å²) in [6, 6.07) is 55.2. The van der Waals surface area contributed by atoms with Gasteiger partial charge in [-0.2, -0.15) is 0 Å². The molecule has 1 aliphatic heterocycles. The fraction of sp³-hybridized carbons (Fsp3) is 0.200. The summed E-state index contributed by atoms with van der Waals surface area (Å²) in [4.78, 5) is 3.26. The van der Waals surface area contributed by atoms with Gasteiger partial charge >= 0.3 is 0 Å². The third-order valence-corrected chi connectivity index (χ3v) is 15.8. The fourth-order valence-electron chi connectivity index (χ4n) is 12.1. The van der Waals surface area contributed by atoms with Crippen LogP contribution in [-0.2, 0) is 15.3 Å². The Hall–Kier alpha value is -5.65. The first kappa shape index (κ1) is 31.7. The van der Waals surface area contributed by atoms with E-state index in [-0.39, 0.29) is 5.41 Å². The van der Waals surface area contributed by atoms with Crippen molar-refractivity contribution in [1.29, 1.82) is 0 Å². The number of hydrogen-bond donors (Lipinski definition) is 0. The minimum Gasteiger partial charge on any atom is -0.310 e. The summed E-state index contributed by atoms with van der Waals surface area (Å²) in [7, 11) is -3.78. The second-order valence-electron chi connectivity index (χ2n) is 16.6. The SMILES string of the molecule is O=S1(=O)c2ccccc2C2(c3ccc(N(c4ccc(-n5c6ccccc6c6ccccc65)cc4)c4cccc5ccccc45)cc31)[C@H]1C[C@H]3C[C@H](C[C@H]2C3)C1. The van der Waals surface area contributed by atoms with Crippen LogP contribution in [0.25, 0.3) is 38.3 Å². The lowest BCUT2D eigenvalue weighted by Gasteiger charge is -2.63. The number of hydrogen-bond acceptors (Lipinski definition) is 3. The van der Waals surface area contributed by atoms with Gasteiger partial charge in [0.15, 0.2) is 0 Å². The number of nitrogens with zero attached hydrogens (tertiary/aromatic N) is 2. The number of sulfone groups is 1. The van der Waals surface area contributed by atoms with Gasteiger partial charge in [-0.15, -0.1) is 0 Å². The Balaban J connectivity index is 1.07. The maximum Gasteiger partial charge on any atom is 0.207 e. The lowest BCUT2D eigenvalue weighted by atomic mass is 9.42. The molecule has 8 aromatic rings. The van der Waals surface area contributed by atoms with Crippen LogP contribution in [0.3, 0.4) is 0 Å². The van der Waals surface area contributed by atoms with Crippen molar-refractivity contribution in [2.24, 2.45) is 23.7 Å². The van der Waals surface area contributed by atoms with Crippen LogP contribution < -0.4 is 4.90 Å². The van der Waals surface area contributed by atoms with Crippen LogP contribution in [0, 0.1) is 23.7 Å². The molecule has 0 unspecified atom stereocenters. The van der Waals surface area contributed by atoms with Gasteiger partial charge in [0.2, 0.25) is 9.84 Å². The number of anilines is 3. The Labute approximate surface area is 321 Å². The van der Waals surface area contributed by atoms with Crippen LogP contribution in [0.2, 0.25) is 0 Å². The third kappa shape index (κ3) is 4.30. The molecule has 0 saturated heterocycles. The molecule has 2 heterocycles. The third-order valence-electron chi connectivity index (χ3n) is 14.0. The normalized spacial score (nSPS) is 24.4. The molecule has 1 aromatic heterocycles. The number of rotatable bonds is 4. The molecule has 7 aromatic carbocycles. The lowest BCUT2D eigenvalue weighted by Crippen LogP contribution is -2.57. The van der Waals surface area contributed by atoms with Crippen molar-refractivity contribution in [3.05, 3.63) is 169 Å². The van der Waals surface area contributed by atoms with E-state index in [0.29, 0.717) is 21.6 Å². The van der Waals surface area contributed by atoms with E-state index in [2.05, 4.69) is 149 Å². The van der Waals surface area contributed by atoms with Gasteiger partial charge in [-0.25, -0.2) is 8.42 Å². The quantitative estimate of drug-likeness (QED) is 0.181. The Morgan fingerprint density at radius 2 is 1.07 bits per heavy atom.